The van der Waals surface area contributed by atoms with Crippen LogP contribution in [0.4, 0.5) is 8.78 Å². The Bertz CT molecular complexity index is 278. The highest BCUT2D eigenvalue weighted by molar-refractivity contribution is 7.80. The van der Waals surface area contributed by atoms with E-state index in [1.54, 1.807) is 0 Å². The largest absolute Gasteiger partial charge is 0.387 e. The van der Waals surface area contributed by atoms with Gasteiger partial charge in [0.15, 0.2) is 0 Å². The average Bonchev–Trinajstić information content (AvgIpc) is 2.03. The highest BCUT2D eigenvalue weighted by Gasteiger charge is 2.10. The predicted molar refractivity (Wildman–Crippen MR) is 45.2 cm³/mol. The van der Waals surface area contributed by atoms with Crippen molar-refractivity contribution in [2.45, 2.75) is 6.10 Å². The van der Waals surface area contributed by atoms with Crippen LogP contribution < -0.4 is 0 Å². The Kier molecular flexibility index (Phi) is 3.05. The van der Waals surface area contributed by atoms with E-state index in [1.807, 2.05) is 0 Å². The molecule has 0 aliphatic heterocycles. The zero-order valence-corrected chi connectivity index (χ0v) is 7.06. The van der Waals surface area contributed by atoms with Crippen LogP contribution in [0.1, 0.15) is 11.7 Å². The molecule has 12 heavy (non-hydrogen) atoms. The Morgan fingerprint density at radius 3 is 2.58 bits per heavy atom. The Morgan fingerprint density at radius 1 is 1.42 bits per heavy atom. The first-order valence-electron chi connectivity index (χ1n) is 3.39. The normalized spacial score (nSPS) is 13.0. The van der Waals surface area contributed by atoms with E-state index in [9.17, 15) is 8.78 Å². The van der Waals surface area contributed by atoms with Gasteiger partial charge >= 0.3 is 0 Å². The van der Waals surface area contributed by atoms with Crippen molar-refractivity contribution < 1.29 is 13.9 Å². The summed E-state index contributed by atoms with van der Waals surface area (Å²) in [5.41, 5.74) is 0.0754. The molecule has 0 bridgehead atoms. The third kappa shape index (κ3) is 1.95. The molecule has 1 aromatic carbocycles. The zero-order chi connectivity index (χ0) is 9.14. The molecular weight excluding hydrogens is 182 g/mol. The minimum absolute atomic E-state index is 0.0754. The first kappa shape index (κ1) is 9.48. The van der Waals surface area contributed by atoms with Gasteiger partial charge in [0.1, 0.15) is 11.6 Å². The fraction of sp³-hybridized carbons (Fsp3) is 0.250. The molecule has 66 valence electrons. The van der Waals surface area contributed by atoms with Crippen molar-refractivity contribution in [1.82, 2.24) is 0 Å². The van der Waals surface area contributed by atoms with Gasteiger partial charge < -0.3 is 5.11 Å². The second kappa shape index (κ2) is 3.87. The van der Waals surface area contributed by atoms with Crippen LogP contribution in [0.25, 0.3) is 0 Å². The van der Waals surface area contributed by atoms with Crippen molar-refractivity contribution in [3.63, 3.8) is 0 Å². The van der Waals surface area contributed by atoms with Gasteiger partial charge in [-0.25, -0.2) is 8.78 Å². The van der Waals surface area contributed by atoms with Crippen molar-refractivity contribution in [2.24, 2.45) is 0 Å². The first-order chi connectivity index (χ1) is 5.65. The van der Waals surface area contributed by atoms with E-state index in [1.165, 1.54) is 6.07 Å². The Balaban J connectivity index is 3.01. The van der Waals surface area contributed by atoms with Gasteiger partial charge in [-0.2, -0.15) is 12.6 Å². The molecule has 1 atom stereocenters. The lowest BCUT2D eigenvalue weighted by atomic mass is 10.1. The van der Waals surface area contributed by atoms with Crippen LogP contribution in [0.3, 0.4) is 0 Å². The van der Waals surface area contributed by atoms with Crippen molar-refractivity contribution in [3.8, 4) is 0 Å². The van der Waals surface area contributed by atoms with Gasteiger partial charge in [-0.05, 0) is 6.07 Å². The SMILES string of the molecule is OC(CS)c1ccc(F)cc1F. The van der Waals surface area contributed by atoms with Gasteiger partial charge in [0.05, 0.1) is 6.10 Å². The lowest BCUT2D eigenvalue weighted by Gasteiger charge is -2.07. The standard InChI is InChI=1S/C8H8F2OS/c9-5-1-2-6(7(10)3-5)8(11)4-12/h1-3,8,11-12H,4H2. The van der Waals surface area contributed by atoms with E-state index in [2.05, 4.69) is 12.6 Å². The monoisotopic (exact) mass is 190 g/mol. The summed E-state index contributed by atoms with van der Waals surface area (Å²) >= 11 is 3.79. The van der Waals surface area contributed by atoms with Crippen molar-refractivity contribution in [1.29, 1.82) is 0 Å². The van der Waals surface area contributed by atoms with Crippen molar-refractivity contribution >= 4 is 12.6 Å². The molecule has 4 heteroatoms. The highest BCUT2D eigenvalue weighted by atomic mass is 32.1. The average molecular weight is 190 g/mol. The summed E-state index contributed by atoms with van der Waals surface area (Å²) in [5, 5.41) is 9.16. The molecule has 0 aromatic heterocycles. The van der Waals surface area contributed by atoms with E-state index < -0.39 is 17.7 Å². The maximum atomic E-state index is 12.9. The van der Waals surface area contributed by atoms with Gasteiger partial charge in [0.2, 0.25) is 0 Å². The fourth-order valence-electron chi connectivity index (χ4n) is 0.870. The minimum Gasteiger partial charge on any atom is -0.387 e. The van der Waals surface area contributed by atoms with Gasteiger partial charge in [-0.15, -0.1) is 0 Å². The van der Waals surface area contributed by atoms with Gasteiger partial charge in [0.25, 0.3) is 0 Å². The summed E-state index contributed by atoms with van der Waals surface area (Å²) < 4.78 is 25.2. The van der Waals surface area contributed by atoms with E-state index in [0.717, 1.165) is 12.1 Å². The molecule has 1 unspecified atom stereocenters. The lowest BCUT2D eigenvalue weighted by Crippen LogP contribution is -2.02. The van der Waals surface area contributed by atoms with Crippen LogP contribution in [0, 0.1) is 11.6 Å². The van der Waals surface area contributed by atoms with Crippen LogP contribution in [-0.4, -0.2) is 10.9 Å². The number of halogens is 2. The molecule has 0 saturated heterocycles. The van der Waals surface area contributed by atoms with E-state index >= 15 is 0 Å². The molecule has 1 N–H and O–H groups in total. The van der Waals surface area contributed by atoms with Gasteiger partial charge in [-0.3, -0.25) is 0 Å². The third-order valence-corrected chi connectivity index (χ3v) is 1.84. The second-order valence-electron chi connectivity index (χ2n) is 2.36. The van der Waals surface area contributed by atoms with Crippen molar-refractivity contribution in [3.05, 3.63) is 35.4 Å². The summed E-state index contributed by atoms with van der Waals surface area (Å²) in [7, 11) is 0. The van der Waals surface area contributed by atoms with Gasteiger partial charge in [0, 0.05) is 17.4 Å². The molecule has 0 spiro atoms. The minimum atomic E-state index is -0.978. The van der Waals surface area contributed by atoms with Crippen LogP contribution in [0.2, 0.25) is 0 Å². The zero-order valence-electron chi connectivity index (χ0n) is 6.17. The van der Waals surface area contributed by atoms with Crippen LogP contribution in [0.15, 0.2) is 18.2 Å². The summed E-state index contributed by atoms with van der Waals surface area (Å²) in [4.78, 5) is 0. The molecule has 1 aromatic rings. The summed E-state index contributed by atoms with van der Waals surface area (Å²) in [6, 6.07) is 3.05. The number of aliphatic hydroxyl groups is 1. The molecule has 0 fully saturated rings. The molecule has 0 aliphatic carbocycles. The summed E-state index contributed by atoms with van der Waals surface area (Å²) in [5.74, 6) is -1.28. The second-order valence-corrected chi connectivity index (χ2v) is 2.73. The fourth-order valence-corrected chi connectivity index (χ4v) is 1.07. The molecule has 0 amide bonds. The number of thiol groups is 1. The molecule has 1 nitrogen and oxygen atoms in total. The molecule has 0 saturated carbocycles. The van der Waals surface area contributed by atoms with Crippen molar-refractivity contribution in [2.75, 3.05) is 5.75 Å². The quantitative estimate of drug-likeness (QED) is 0.683. The molecule has 0 radical (unpaired) electrons. The first-order valence-corrected chi connectivity index (χ1v) is 4.02. The summed E-state index contributed by atoms with van der Waals surface area (Å²) in [6.45, 7) is 0. The maximum Gasteiger partial charge on any atom is 0.131 e. The maximum absolute atomic E-state index is 12.9. The molecule has 0 heterocycles. The Morgan fingerprint density at radius 2 is 2.08 bits per heavy atom. The van der Waals surface area contributed by atoms with Crippen LogP contribution in [0.5, 0.6) is 0 Å². The smallest absolute Gasteiger partial charge is 0.131 e. The molecule has 1 rings (SSSR count). The Labute approximate surface area is 74.4 Å². The molecule has 0 aliphatic rings. The summed E-state index contributed by atoms with van der Waals surface area (Å²) in [6.07, 6.45) is -0.978. The van der Waals surface area contributed by atoms with Gasteiger partial charge in [-0.1, -0.05) is 6.07 Å². The molecular formula is C8H8F2OS. The number of benzene rings is 1. The number of aliphatic hydroxyl groups excluding tert-OH is 1. The topological polar surface area (TPSA) is 20.2 Å². The number of hydrogen-bond acceptors (Lipinski definition) is 2. The highest BCUT2D eigenvalue weighted by Crippen LogP contribution is 2.18. The lowest BCUT2D eigenvalue weighted by molar-refractivity contribution is 0.199. The number of hydrogen-bond donors (Lipinski definition) is 2. The van der Waals surface area contributed by atoms with Crippen LogP contribution in [-0.2, 0) is 0 Å². The van der Waals surface area contributed by atoms with E-state index in [-0.39, 0.29) is 11.3 Å². The van der Waals surface area contributed by atoms with Crippen LogP contribution >= 0.6 is 12.6 Å². The Hall–Kier alpha value is -0.610. The number of rotatable bonds is 2. The van der Waals surface area contributed by atoms with E-state index in [4.69, 9.17) is 5.11 Å². The third-order valence-electron chi connectivity index (χ3n) is 1.49. The van der Waals surface area contributed by atoms with E-state index in [0.29, 0.717) is 0 Å². The predicted octanol–water partition coefficient (Wildman–Crippen LogP) is 1.93.